The second-order valence-corrected chi connectivity index (χ2v) is 8.55. The van der Waals surface area contributed by atoms with E-state index in [2.05, 4.69) is 11.4 Å². The Morgan fingerprint density at radius 3 is 2.47 bits per heavy atom. The van der Waals surface area contributed by atoms with E-state index in [1.54, 1.807) is 13.2 Å². The third-order valence-electron chi connectivity index (χ3n) is 5.25. The van der Waals surface area contributed by atoms with E-state index in [0.29, 0.717) is 33.3 Å². The first-order valence-electron chi connectivity index (χ1n) is 10.8. The molecule has 1 aromatic heterocycles. The predicted octanol–water partition coefficient (Wildman–Crippen LogP) is 5.93. The molecule has 0 radical (unpaired) electrons. The number of rotatable bonds is 8. The Hall–Kier alpha value is -4.68. The molecular formula is C27H20N4O4S. The molecule has 0 bridgehead atoms. The van der Waals surface area contributed by atoms with Crippen LogP contribution >= 0.6 is 11.8 Å². The average molecular weight is 497 g/mol. The summed E-state index contributed by atoms with van der Waals surface area (Å²) in [5.41, 5.74) is 3.61. The molecule has 8 nitrogen and oxygen atoms in total. The number of benzene rings is 3. The molecule has 1 amide bonds. The molecule has 9 heteroatoms. The molecule has 0 aliphatic carbocycles. The van der Waals surface area contributed by atoms with Crippen LogP contribution in [0.1, 0.15) is 5.56 Å². The molecule has 0 fully saturated rings. The van der Waals surface area contributed by atoms with Crippen LogP contribution in [0.5, 0.6) is 5.75 Å². The molecule has 0 aliphatic rings. The van der Waals surface area contributed by atoms with Crippen molar-refractivity contribution in [3.63, 3.8) is 0 Å². The van der Waals surface area contributed by atoms with Crippen molar-refractivity contribution in [3.8, 4) is 34.2 Å². The summed E-state index contributed by atoms with van der Waals surface area (Å²) in [4.78, 5) is 27.8. The van der Waals surface area contributed by atoms with Crippen LogP contribution in [0.2, 0.25) is 0 Å². The number of thioether (sulfide) groups is 1. The highest BCUT2D eigenvalue weighted by molar-refractivity contribution is 8.00. The Bertz CT molecular complexity index is 1450. The van der Waals surface area contributed by atoms with E-state index >= 15 is 0 Å². The quantitative estimate of drug-likeness (QED) is 0.182. The van der Waals surface area contributed by atoms with Gasteiger partial charge in [0.15, 0.2) is 0 Å². The van der Waals surface area contributed by atoms with Gasteiger partial charge in [0, 0.05) is 28.9 Å². The number of hydrogen-bond acceptors (Lipinski definition) is 7. The minimum absolute atomic E-state index is 0.0370. The molecule has 36 heavy (non-hydrogen) atoms. The fourth-order valence-corrected chi connectivity index (χ4v) is 4.32. The molecule has 4 rings (SSSR count). The summed E-state index contributed by atoms with van der Waals surface area (Å²) in [5.74, 6) is 0.286. The highest BCUT2D eigenvalue weighted by atomic mass is 32.2. The average Bonchev–Trinajstić information content (AvgIpc) is 2.92. The van der Waals surface area contributed by atoms with Crippen molar-refractivity contribution in [3.05, 3.63) is 101 Å². The third kappa shape index (κ3) is 5.68. The van der Waals surface area contributed by atoms with Gasteiger partial charge in [0.05, 0.1) is 29.0 Å². The molecule has 0 saturated heterocycles. The lowest BCUT2D eigenvalue weighted by atomic mass is 9.99. The fourth-order valence-electron chi connectivity index (χ4n) is 3.52. The van der Waals surface area contributed by atoms with Crippen LogP contribution in [0.25, 0.3) is 22.4 Å². The number of hydrogen-bond donors (Lipinski definition) is 1. The van der Waals surface area contributed by atoms with Gasteiger partial charge in [-0.15, -0.1) is 0 Å². The number of ether oxygens (including phenoxy) is 1. The first kappa shape index (κ1) is 24.4. The zero-order chi connectivity index (χ0) is 25.5. The van der Waals surface area contributed by atoms with Gasteiger partial charge in [0.1, 0.15) is 16.8 Å². The third-order valence-corrected chi connectivity index (χ3v) is 6.22. The van der Waals surface area contributed by atoms with Crippen LogP contribution in [0.15, 0.2) is 90.0 Å². The van der Waals surface area contributed by atoms with Crippen molar-refractivity contribution in [1.82, 2.24) is 4.98 Å². The summed E-state index contributed by atoms with van der Waals surface area (Å²) in [5, 5.41) is 24.1. The molecule has 0 saturated carbocycles. The Morgan fingerprint density at radius 1 is 1.06 bits per heavy atom. The van der Waals surface area contributed by atoms with E-state index < -0.39 is 4.92 Å². The topological polar surface area (TPSA) is 118 Å². The normalized spacial score (nSPS) is 10.3. The molecule has 0 unspecified atom stereocenters. The minimum atomic E-state index is -0.525. The van der Waals surface area contributed by atoms with E-state index in [-0.39, 0.29) is 17.3 Å². The lowest BCUT2D eigenvalue weighted by molar-refractivity contribution is -0.384. The molecule has 0 aliphatic heterocycles. The molecule has 3 aromatic carbocycles. The molecule has 0 spiro atoms. The van der Waals surface area contributed by atoms with Crippen molar-refractivity contribution in [2.45, 2.75) is 5.03 Å². The molecular weight excluding hydrogens is 476 g/mol. The number of nitrogens with one attached hydrogen (secondary N) is 1. The zero-order valence-electron chi connectivity index (χ0n) is 19.2. The van der Waals surface area contributed by atoms with E-state index in [1.807, 2.05) is 60.7 Å². The summed E-state index contributed by atoms with van der Waals surface area (Å²) in [6.07, 6.45) is 0. The van der Waals surface area contributed by atoms with Crippen LogP contribution in [0.4, 0.5) is 11.4 Å². The standard InChI is InChI=1S/C27H20N4O4S/c1-35-22-12-10-18(11-13-22)23-15-25(19-6-3-2-4-7-19)30-27(24(23)16-28)36-17-26(32)29-20-8-5-9-21(14-20)31(33)34/h2-15H,17H2,1H3,(H,29,32). The Morgan fingerprint density at radius 2 is 1.81 bits per heavy atom. The van der Waals surface area contributed by atoms with Crippen LogP contribution in [0, 0.1) is 21.4 Å². The number of non-ortho nitro benzene ring substituents is 1. The Labute approximate surface area is 211 Å². The lowest BCUT2D eigenvalue weighted by Gasteiger charge is -2.13. The largest absolute Gasteiger partial charge is 0.497 e. The minimum Gasteiger partial charge on any atom is -0.497 e. The van der Waals surface area contributed by atoms with Gasteiger partial charge in [-0.2, -0.15) is 5.26 Å². The molecule has 4 aromatic rings. The van der Waals surface area contributed by atoms with Gasteiger partial charge in [-0.1, -0.05) is 60.3 Å². The van der Waals surface area contributed by atoms with E-state index in [1.165, 1.54) is 18.2 Å². The van der Waals surface area contributed by atoms with E-state index in [4.69, 9.17) is 9.72 Å². The number of nitro groups is 1. The number of amides is 1. The van der Waals surface area contributed by atoms with Crippen LogP contribution in [-0.2, 0) is 4.79 Å². The first-order chi connectivity index (χ1) is 17.5. The highest BCUT2D eigenvalue weighted by Crippen LogP contribution is 2.35. The maximum absolute atomic E-state index is 12.6. The van der Waals surface area contributed by atoms with Crippen LogP contribution in [-0.4, -0.2) is 28.7 Å². The predicted molar refractivity (Wildman–Crippen MR) is 139 cm³/mol. The van der Waals surface area contributed by atoms with Crippen molar-refractivity contribution in [1.29, 1.82) is 5.26 Å². The smallest absolute Gasteiger partial charge is 0.271 e. The number of carbonyl (C=O) groups is 1. The van der Waals surface area contributed by atoms with Crippen molar-refractivity contribution < 1.29 is 14.5 Å². The van der Waals surface area contributed by atoms with Gasteiger partial charge in [0.2, 0.25) is 5.91 Å². The summed E-state index contributed by atoms with van der Waals surface area (Å²) >= 11 is 1.13. The number of anilines is 1. The fraction of sp³-hybridized carbons (Fsp3) is 0.0741. The number of pyridine rings is 1. The second-order valence-electron chi connectivity index (χ2n) is 7.59. The summed E-state index contributed by atoms with van der Waals surface area (Å²) in [6, 6.07) is 26.8. The zero-order valence-corrected chi connectivity index (χ0v) is 20.0. The molecule has 1 N–H and O–H groups in total. The van der Waals surface area contributed by atoms with Crippen molar-refractivity contribution in [2.24, 2.45) is 0 Å². The van der Waals surface area contributed by atoms with Gasteiger partial charge in [-0.25, -0.2) is 4.98 Å². The number of nitrogens with zero attached hydrogens (tertiary/aromatic N) is 3. The van der Waals surface area contributed by atoms with E-state index in [0.717, 1.165) is 22.9 Å². The van der Waals surface area contributed by atoms with Crippen LogP contribution < -0.4 is 10.1 Å². The Balaban J connectivity index is 1.66. The number of methoxy groups -OCH3 is 1. The number of nitro benzene ring substituents is 1. The maximum Gasteiger partial charge on any atom is 0.271 e. The summed E-state index contributed by atoms with van der Waals surface area (Å²) in [7, 11) is 1.59. The van der Waals surface area contributed by atoms with Crippen molar-refractivity contribution >= 4 is 29.0 Å². The summed E-state index contributed by atoms with van der Waals surface area (Å²) < 4.78 is 5.25. The maximum atomic E-state index is 12.6. The van der Waals surface area contributed by atoms with Crippen molar-refractivity contribution in [2.75, 3.05) is 18.2 Å². The van der Waals surface area contributed by atoms with Gasteiger partial charge in [0.25, 0.3) is 5.69 Å². The molecule has 1 heterocycles. The Kier molecular flexibility index (Phi) is 7.58. The number of carbonyl (C=O) groups excluding carboxylic acids is 1. The number of nitriles is 1. The van der Waals surface area contributed by atoms with Crippen LogP contribution in [0.3, 0.4) is 0 Å². The monoisotopic (exact) mass is 496 g/mol. The van der Waals surface area contributed by atoms with Gasteiger partial charge in [-0.05, 0) is 29.8 Å². The molecule has 178 valence electrons. The SMILES string of the molecule is COc1ccc(-c2cc(-c3ccccc3)nc(SCC(=O)Nc3cccc([N+](=O)[O-])c3)c2C#N)cc1. The summed E-state index contributed by atoms with van der Waals surface area (Å²) in [6.45, 7) is 0. The lowest BCUT2D eigenvalue weighted by Crippen LogP contribution is -2.14. The first-order valence-corrected chi connectivity index (χ1v) is 11.8. The van der Waals surface area contributed by atoms with Gasteiger partial charge < -0.3 is 10.1 Å². The van der Waals surface area contributed by atoms with Gasteiger partial charge >= 0.3 is 0 Å². The second kappa shape index (κ2) is 11.2. The van der Waals surface area contributed by atoms with E-state index in [9.17, 15) is 20.2 Å². The number of aromatic nitrogens is 1. The highest BCUT2D eigenvalue weighted by Gasteiger charge is 2.17. The molecule has 0 atom stereocenters. The van der Waals surface area contributed by atoms with Gasteiger partial charge in [-0.3, -0.25) is 14.9 Å².